The van der Waals surface area contributed by atoms with Crippen molar-refractivity contribution in [3.63, 3.8) is 0 Å². The Morgan fingerprint density at radius 1 is 1.16 bits per heavy atom. The summed E-state index contributed by atoms with van der Waals surface area (Å²) in [6, 6.07) is 12.1. The molecule has 0 aliphatic rings. The number of anilines is 1. The lowest BCUT2D eigenvalue weighted by atomic mass is 10.1. The Bertz CT molecular complexity index is 779. The van der Waals surface area contributed by atoms with Gasteiger partial charge in [-0.2, -0.15) is 0 Å². The summed E-state index contributed by atoms with van der Waals surface area (Å²) < 4.78 is 6.06. The minimum absolute atomic E-state index is 0.0764. The monoisotopic (exact) mass is 423 g/mol. The number of benzene rings is 2. The van der Waals surface area contributed by atoms with E-state index in [1.54, 1.807) is 36.4 Å². The Balaban J connectivity index is 2.17. The lowest BCUT2D eigenvalue weighted by Gasteiger charge is -2.20. The van der Waals surface area contributed by atoms with Crippen LogP contribution in [-0.2, 0) is 16.0 Å². The molecule has 0 radical (unpaired) electrons. The Labute approximate surface area is 160 Å². The predicted octanol–water partition coefficient (Wildman–Crippen LogP) is 5.24. The van der Waals surface area contributed by atoms with Gasteiger partial charge in [0, 0.05) is 20.7 Å². The van der Waals surface area contributed by atoms with Crippen molar-refractivity contribution in [1.82, 2.24) is 0 Å². The number of carbonyl (C=O) groups is 2. The molecule has 0 aliphatic carbocycles. The Kier molecular flexibility index (Phi) is 6.25. The maximum absolute atomic E-state index is 12.5. The van der Waals surface area contributed by atoms with E-state index in [0.717, 1.165) is 0 Å². The number of halogens is 2. The topological polar surface area (TPSA) is 55.4 Å². The van der Waals surface area contributed by atoms with Crippen LogP contribution in [0.4, 0.5) is 5.69 Å². The van der Waals surface area contributed by atoms with Crippen molar-refractivity contribution in [2.75, 3.05) is 5.32 Å². The van der Waals surface area contributed by atoms with Gasteiger partial charge in [0.05, 0.1) is 6.42 Å². The number of para-hydroxylation sites is 1. The molecule has 2 aromatic rings. The highest BCUT2D eigenvalue weighted by atomic mass is 79.9. The number of rotatable bonds is 4. The van der Waals surface area contributed by atoms with Crippen LogP contribution in [0.25, 0.3) is 0 Å². The lowest BCUT2D eigenvalue weighted by Crippen LogP contribution is -2.25. The average molecular weight is 425 g/mol. The van der Waals surface area contributed by atoms with Gasteiger partial charge in [-0.25, -0.2) is 0 Å². The fraction of sp³-hybridized carbons (Fsp3) is 0.263. The second-order valence-corrected chi connectivity index (χ2v) is 7.88. The van der Waals surface area contributed by atoms with Gasteiger partial charge in [-0.05, 0) is 50.6 Å². The van der Waals surface area contributed by atoms with E-state index in [1.165, 1.54) is 0 Å². The highest BCUT2D eigenvalue weighted by Gasteiger charge is 2.18. The van der Waals surface area contributed by atoms with Crippen LogP contribution in [0.15, 0.2) is 46.9 Å². The van der Waals surface area contributed by atoms with E-state index in [0.29, 0.717) is 26.3 Å². The maximum Gasteiger partial charge on any atom is 0.310 e. The van der Waals surface area contributed by atoms with Crippen molar-refractivity contribution in [1.29, 1.82) is 0 Å². The van der Waals surface area contributed by atoms with Crippen molar-refractivity contribution in [2.45, 2.75) is 32.8 Å². The first-order valence-corrected chi connectivity index (χ1v) is 8.88. The fourth-order valence-corrected chi connectivity index (χ4v) is 3.07. The van der Waals surface area contributed by atoms with Crippen LogP contribution in [0, 0.1) is 0 Å². The summed E-state index contributed by atoms with van der Waals surface area (Å²) in [5, 5.41) is 3.28. The zero-order valence-electron chi connectivity index (χ0n) is 14.2. The van der Waals surface area contributed by atoms with E-state index in [2.05, 4.69) is 21.2 Å². The van der Waals surface area contributed by atoms with Gasteiger partial charge in [0.2, 0.25) is 0 Å². The van der Waals surface area contributed by atoms with E-state index >= 15 is 0 Å². The van der Waals surface area contributed by atoms with Crippen molar-refractivity contribution < 1.29 is 14.3 Å². The molecule has 0 aliphatic heterocycles. The Morgan fingerprint density at radius 3 is 2.48 bits per heavy atom. The van der Waals surface area contributed by atoms with Crippen LogP contribution in [0.1, 0.15) is 36.7 Å². The molecule has 0 spiro atoms. The highest BCUT2D eigenvalue weighted by Crippen LogP contribution is 2.22. The second kappa shape index (κ2) is 8.02. The highest BCUT2D eigenvalue weighted by molar-refractivity contribution is 9.10. The van der Waals surface area contributed by atoms with Gasteiger partial charge in [-0.15, -0.1) is 0 Å². The van der Waals surface area contributed by atoms with Crippen LogP contribution in [0.2, 0.25) is 5.02 Å². The van der Waals surface area contributed by atoms with Gasteiger partial charge >= 0.3 is 5.97 Å². The second-order valence-electron chi connectivity index (χ2n) is 6.53. The molecule has 0 atom stereocenters. The first kappa shape index (κ1) is 19.5. The molecule has 132 valence electrons. The number of ether oxygens (including phenoxy) is 1. The number of hydrogen-bond acceptors (Lipinski definition) is 3. The molecular formula is C19H19BrClNO3. The van der Waals surface area contributed by atoms with E-state index in [-0.39, 0.29) is 18.3 Å². The normalized spacial score (nSPS) is 11.1. The number of carbonyl (C=O) groups excluding carboxylic acids is 2. The smallest absolute Gasteiger partial charge is 0.310 e. The summed E-state index contributed by atoms with van der Waals surface area (Å²) in [4.78, 5) is 24.5. The minimum Gasteiger partial charge on any atom is -0.460 e. The first-order chi connectivity index (χ1) is 11.6. The SMILES string of the molecule is CC(C)(C)OC(=O)Cc1ccccc1NC(=O)c1cc(Cl)cc(Br)c1. The first-order valence-electron chi connectivity index (χ1n) is 7.71. The summed E-state index contributed by atoms with van der Waals surface area (Å²) in [5.74, 6) is -0.653. The molecule has 0 fully saturated rings. The van der Waals surface area contributed by atoms with Gasteiger partial charge < -0.3 is 10.1 Å². The third kappa shape index (κ3) is 6.18. The van der Waals surface area contributed by atoms with E-state index in [1.807, 2.05) is 26.8 Å². The lowest BCUT2D eigenvalue weighted by molar-refractivity contribution is -0.153. The summed E-state index contributed by atoms with van der Waals surface area (Å²) in [6.45, 7) is 5.45. The molecule has 0 saturated carbocycles. The van der Waals surface area contributed by atoms with Crippen molar-refractivity contribution in [3.05, 3.63) is 63.1 Å². The van der Waals surface area contributed by atoms with Crippen LogP contribution in [0.3, 0.4) is 0 Å². The van der Waals surface area contributed by atoms with Crippen molar-refractivity contribution >= 4 is 45.1 Å². The molecule has 1 amide bonds. The van der Waals surface area contributed by atoms with Crippen LogP contribution >= 0.6 is 27.5 Å². The van der Waals surface area contributed by atoms with Crippen LogP contribution in [0.5, 0.6) is 0 Å². The largest absolute Gasteiger partial charge is 0.460 e. The molecule has 2 aromatic carbocycles. The molecule has 0 bridgehead atoms. The average Bonchev–Trinajstić information content (AvgIpc) is 2.46. The molecule has 0 saturated heterocycles. The van der Waals surface area contributed by atoms with Crippen LogP contribution < -0.4 is 5.32 Å². The number of esters is 1. The Morgan fingerprint density at radius 2 is 1.84 bits per heavy atom. The molecule has 4 nitrogen and oxygen atoms in total. The summed E-state index contributed by atoms with van der Waals surface area (Å²) in [5.41, 5.74) is 1.12. The molecule has 1 N–H and O–H groups in total. The van der Waals surface area contributed by atoms with E-state index in [4.69, 9.17) is 16.3 Å². The molecular weight excluding hydrogens is 406 g/mol. The molecule has 25 heavy (non-hydrogen) atoms. The zero-order chi connectivity index (χ0) is 18.6. The molecule has 0 aromatic heterocycles. The molecule has 6 heteroatoms. The number of nitrogens with one attached hydrogen (secondary N) is 1. The Hall–Kier alpha value is -1.85. The summed E-state index contributed by atoms with van der Waals surface area (Å²) in [6.07, 6.45) is 0.0764. The van der Waals surface area contributed by atoms with Gasteiger partial charge in [-0.3, -0.25) is 9.59 Å². The molecule has 2 rings (SSSR count). The van der Waals surface area contributed by atoms with Gasteiger partial charge in [-0.1, -0.05) is 45.7 Å². The zero-order valence-corrected chi connectivity index (χ0v) is 16.6. The molecule has 0 heterocycles. The third-order valence-electron chi connectivity index (χ3n) is 3.15. The standard InChI is InChI=1S/C19H19BrClNO3/c1-19(2,3)25-17(23)10-12-6-4-5-7-16(12)22-18(24)13-8-14(20)11-15(21)9-13/h4-9,11H,10H2,1-3H3,(H,22,24). The van der Waals surface area contributed by atoms with Crippen molar-refractivity contribution in [2.24, 2.45) is 0 Å². The van der Waals surface area contributed by atoms with Crippen molar-refractivity contribution in [3.8, 4) is 0 Å². The fourth-order valence-electron chi connectivity index (χ4n) is 2.21. The van der Waals surface area contributed by atoms with Crippen LogP contribution in [-0.4, -0.2) is 17.5 Å². The van der Waals surface area contributed by atoms with E-state index in [9.17, 15) is 9.59 Å². The minimum atomic E-state index is -0.553. The van der Waals surface area contributed by atoms with Gasteiger partial charge in [0.15, 0.2) is 0 Å². The van der Waals surface area contributed by atoms with Gasteiger partial charge in [0.1, 0.15) is 5.60 Å². The van der Waals surface area contributed by atoms with E-state index < -0.39 is 5.60 Å². The number of hydrogen-bond donors (Lipinski definition) is 1. The summed E-state index contributed by atoms with van der Waals surface area (Å²) >= 11 is 9.30. The molecule has 0 unspecified atom stereocenters. The predicted molar refractivity (Wildman–Crippen MR) is 103 cm³/mol. The summed E-state index contributed by atoms with van der Waals surface area (Å²) in [7, 11) is 0. The maximum atomic E-state index is 12.5. The van der Waals surface area contributed by atoms with Gasteiger partial charge in [0.25, 0.3) is 5.91 Å². The third-order valence-corrected chi connectivity index (χ3v) is 3.82. The quantitative estimate of drug-likeness (QED) is 0.683. The number of amides is 1.